The van der Waals surface area contributed by atoms with Crippen LogP contribution in [0.25, 0.3) is 0 Å². The number of urea groups is 1. The normalized spacial score (nSPS) is 15.5. The van der Waals surface area contributed by atoms with Gasteiger partial charge in [0.2, 0.25) is 5.91 Å². The van der Waals surface area contributed by atoms with Crippen molar-refractivity contribution in [1.82, 2.24) is 15.5 Å². The van der Waals surface area contributed by atoms with Gasteiger partial charge in [0.25, 0.3) is 0 Å². The van der Waals surface area contributed by atoms with Crippen LogP contribution in [-0.4, -0.2) is 54.1 Å². The van der Waals surface area contributed by atoms with Gasteiger partial charge in [0.05, 0.1) is 0 Å². The smallest absolute Gasteiger partial charge is 0.326 e. The predicted molar refractivity (Wildman–Crippen MR) is 68.6 cm³/mol. The third-order valence-corrected chi connectivity index (χ3v) is 3.03. The van der Waals surface area contributed by atoms with E-state index in [2.05, 4.69) is 10.6 Å². The Morgan fingerprint density at radius 1 is 1.37 bits per heavy atom. The molecule has 108 valence electrons. The van der Waals surface area contributed by atoms with Crippen LogP contribution >= 0.6 is 0 Å². The third kappa shape index (κ3) is 4.76. The van der Waals surface area contributed by atoms with E-state index in [4.69, 9.17) is 5.11 Å². The lowest BCUT2D eigenvalue weighted by Crippen LogP contribution is -2.51. The fourth-order valence-electron chi connectivity index (χ4n) is 1.81. The number of aliphatic carboxylic acids is 1. The van der Waals surface area contributed by atoms with Crippen LogP contribution in [0.5, 0.6) is 0 Å². The second-order valence-corrected chi connectivity index (χ2v) is 4.70. The second kappa shape index (κ2) is 6.96. The molecule has 0 heterocycles. The minimum atomic E-state index is -1.02. The van der Waals surface area contributed by atoms with Gasteiger partial charge in [-0.15, -0.1) is 0 Å². The van der Waals surface area contributed by atoms with Crippen molar-refractivity contribution in [3.63, 3.8) is 0 Å². The summed E-state index contributed by atoms with van der Waals surface area (Å²) in [5.74, 6) is -1.28. The number of hydrogen-bond acceptors (Lipinski definition) is 3. The molecule has 0 aliphatic heterocycles. The molecule has 7 nitrogen and oxygen atoms in total. The van der Waals surface area contributed by atoms with E-state index in [-0.39, 0.29) is 18.4 Å². The molecule has 1 atom stereocenters. The average molecular weight is 271 g/mol. The number of carbonyl (C=O) groups excluding carboxylic acids is 2. The number of carbonyl (C=O) groups is 3. The molecule has 19 heavy (non-hydrogen) atoms. The summed E-state index contributed by atoms with van der Waals surface area (Å²) in [5, 5.41) is 14.0. The summed E-state index contributed by atoms with van der Waals surface area (Å²) >= 11 is 0. The quantitative estimate of drug-likeness (QED) is 0.607. The Hall–Kier alpha value is -1.79. The lowest BCUT2D eigenvalue weighted by molar-refractivity contribution is -0.139. The highest BCUT2D eigenvalue weighted by atomic mass is 16.4. The molecule has 0 spiro atoms. The maximum Gasteiger partial charge on any atom is 0.326 e. The molecule has 0 radical (unpaired) electrons. The highest BCUT2D eigenvalue weighted by Gasteiger charge is 2.38. The Kier molecular flexibility index (Phi) is 5.59. The van der Waals surface area contributed by atoms with Crippen molar-refractivity contribution in [2.24, 2.45) is 5.92 Å². The van der Waals surface area contributed by atoms with Crippen molar-refractivity contribution in [1.29, 1.82) is 0 Å². The van der Waals surface area contributed by atoms with Crippen LogP contribution in [0.2, 0.25) is 0 Å². The van der Waals surface area contributed by atoms with Crippen molar-refractivity contribution >= 4 is 17.9 Å². The summed E-state index contributed by atoms with van der Waals surface area (Å²) in [5.41, 5.74) is 0. The first-order valence-electron chi connectivity index (χ1n) is 6.48. The Morgan fingerprint density at radius 2 is 2.00 bits per heavy atom. The molecule has 0 bridgehead atoms. The molecular formula is C12H21N3O4. The summed E-state index contributed by atoms with van der Waals surface area (Å²) in [6, 6.07) is -1.35. The van der Waals surface area contributed by atoms with Crippen LogP contribution in [0.3, 0.4) is 0 Å². The number of nitrogens with zero attached hydrogens (tertiary/aromatic N) is 1. The molecule has 0 aromatic heterocycles. The summed E-state index contributed by atoms with van der Waals surface area (Å²) in [6.07, 6.45) is 2.34. The van der Waals surface area contributed by atoms with Gasteiger partial charge in [-0.3, -0.25) is 4.79 Å². The molecule has 0 saturated heterocycles. The van der Waals surface area contributed by atoms with E-state index in [9.17, 15) is 14.4 Å². The summed E-state index contributed by atoms with van der Waals surface area (Å²) < 4.78 is 0. The van der Waals surface area contributed by atoms with Gasteiger partial charge in [-0.05, 0) is 25.2 Å². The SMILES string of the molecule is CCCN(CC(=O)NC)C(=O)NC(C(=O)O)C1CC1. The van der Waals surface area contributed by atoms with E-state index in [1.54, 1.807) is 0 Å². The molecule has 1 rings (SSSR count). The van der Waals surface area contributed by atoms with Gasteiger partial charge in [0.1, 0.15) is 12.6 Å². The summed E-state index contributed by atoms with van der Waals surface area (Å²) in [7, 11) is 1.49. The molecule has 3 N–H and O–H groups in total. The molecule has 0 aromatic carbocycles. The fourth-order valence-corrected chi connectivity index (χ4v) is 1.81. The maximum absolute atomic E-state index is 12.0. The van der Waals surface area contributed by atoms with Crippen LogP contribution in [0.15, 0.2) is 0 Å². The fraction of sp³-hybridized carbons (Fsp3) is 0.750. The van der Waals surface area contributed by atoms with Crippen LogP contribution in [0, 0.1) is 5.92 Å². The standard InChI is InChI=1S/C12H21N3O4/c1-3-6-15(7-9(16)13-2)12(19)14-10(11(17)18)8-4-5-8/h8,10H,3-7H2,1-2H3,(H,13,16)(H,14,19)(H,17,18). The minimum Gasteiger partial charge on any atom is -0.480 e. The monoisotopic (exact) mass is 271 g/mol. The highest BCUT2D eigenvalue weighted by Crippen LogP contribution is 2.32. The molecule has 0 aromatic rings. The van der Waals surface area contributed by atoms with Gasteiger partial charge >= 0.3 is 12.0 Å². The number of carboxylic acid groups (broad SMARTS) is 1. The van der Waals surface area contributed by atoms with Crippen LogP contribution in [-0.2, 0) is 9.59 Å². The van der Waals surface area contributed by atoms with Gasteiger partial charge in [0, 0.05) is 13.6 Å². The van der Waals surface area contributed by atoms with Gasteiger partial charge in [0.15, 0.2) is 0 Å². The van der Waals surface area contributed by atoms with E-state index in [0.717, 1.165) is 12.8 Å². The molecular weight excluding hydrogens is 250 g/mol. The van der Waals surface area contributed by atoms with Crippen LogP contribution in [0.1, 0.15) is 26.2 Å². The van der Waals surface area contributed by atoms with Crippen LogP contribution < -0.4 is 10.6 Å². The Bertz CT molecular complexity index is 355. The summed E-state index contributed by atoms with van der Waals surface area (Å²) in [6.45, 7) is 2.24. The first-order chi connectivity index (χ1) is 8.99. The number of likely N-dealkylation sites (N-methyl/N-ethyl adjacent to an activating group) is 1. The van der Waals surface area contributed by atoms with Gasteiger partial charge in [-0.2, -0.15) is 0 Å². The number of carboxylic acids is 1. The van der Waals surface area contributed by atoms with Crippen molar-refractivity contribution in [3.05, 3.63) is 0 Å². The van der Waals surface area contributed by atoms with Gasteiger partial charge in [-0.25, -0.2) is 9.59 Å². The molecule has 1 unspecified atom stereocenters. The maximum atomic E-state index is 12.0. The molecule has 7 heteroatoms. The highest BCUT2D eigenvalue weighted by molar-refractivity contribution is 5.86. The molecule has 1 fully saturated rings. The number of nitrogens with one attached hydrogen (secondary N) is 2. The zero-order chi connectivity index (χ0) is 14.4. The average Bonchev–Trinajstić information content (AvgIpc) is 3.18. The topological polar surface area (TPSA) is 98.7 Å². The Balaban J connectivity index is 2.59. The second-order valence-electron chi connectivity index (χ2n) is 4.70. The lowest BCUT2D eigenvalue weighted by atomic mass is 10.2. The summed E-state index contributed by atoms with van der Waals surface area (Å²) in [4.78, 5) is 35.7. The first-order valence-corrected chi connectivity index (χ1v) is 6.48. The van der Waals surface area contributed by atoms with E-state index in [0.29, 0.717) is 13.0 Å². The van der Waals surface area contributed by atoms with E-state index >= 15 is 0 Å². The van der Waals surface area contributed by atoms with Crippen molar-refractivity contribution in [2.75, 3.05) is 20.1 Å². The minimum absolute atomic E-state index is 0.0185. The zero-order valence-corrected chi connectivity index (χ0v) is 11.3. The number of hydrogen-bond donors (Lipinski definition) is 3. The van der Waals surface area contributed by atoms with Crippen molar-refractivity contribution in [2.45, 2.75) is 32.2 Å². The Labute approximate surface area is 112 Å². The van der Waals surface area contributed by atoms with E-state index in [1.165, 1.54) is 11.9 Å². The van der Waals surface area contributed by atoms with Crippen molar-refractivity contribution < 1.29 is 19.5 Å². The molecule has 1 aliphatic rings. The molecule has 3 amide bonds. The number of rotatable bonds is 7. The van der Waals surface area contributed by atoms with Gasteiger partial charge < -0.3 is 20.6 Å². The third-order valence-electron chi connectivity index (χ3n) is 3.03. The molecule has 1 aliphatic carbocycles. The predicted octanol–water partition coefficient (Wildman–Crippen LogP) is 0.0172. The number of amides is 3. The van der Waals surface area contributed by atoms with Crippen molar-refractivity contribution in [3.8, 4) is 0 Å². The van der Waals surface area contributed by atoms with Crippen LogP contribution in [0.4, 0.5) is 4.79 Å². The Morgan fingerprint density at radius 3 is 2.42 bits per heavy atom. The van der Waals surface area contributed by atoms with E-state index < -0.39 is 18.0 Å². The lowest BCUT2D eigenvalue weighted by Gasteiger charge is -2.24. The van der Waals surface area contributed by atoms with E-state index in [1.807, 2.05) is 6.92 Å². The van der Waals surface area contributed by atoms with Gasteiger partial charge in [-0.1, -0.05) is 6.92 Å². The zero-order valence-electron chi connectivity index (χ0n) is 11.3. The first kappa shape index (κ1) is 15.3. The molecule has 1 saturated carbocycles. The largest absolute Gasteiger partial charge is 0.480 e.